The van der Waals surface area contributed by atoms with Gasteiger partial charge in [0, 0.05) is 49.9 Å². The number of hydrogen-bond donors (Lipinski definition) is 2. The molecule has 30 heavy (non-hydrogen) atoms. The average molecular weight is 416 g/mol. The number of halogens is 2. The Bertz CT molecular complexity index is 1060. The van der Waals surface area contributed by atoms with Gasteiger partial charge in [-0.15, -0.1) is 0 Å². The van der Waals surface area contributed by atoms with Crippen molar-refractivity contribution < 1.29 is 13.6 Å². The molecule has 9 heteroatoms. The van der Waals surface area contributed by atoms with Crippen molar-refractivity contribution in [2.75, 3.05) is 19.6 Å². The van der Waals surface area contributed by atoms with Crippen LogP contribution in [-0.4, -0.2) is 62.1 Å². The van der Waals surface area contributed by atoms with E-state index in [4.69, 9.17) is 0 Å². The van der Waals surface area contributed by atoms with Gasteiger partial charge in [0.25, 0.3) is 5.91 Å². The quantitative estimate of drug-likeness (QED) is 0.670. The molecule has 0 unspecified atom stereocenters. The number of fused-ring (bicyclic) bond motifs is 1. The second-order valence-corrected chi connectivity index (χ2v) is 8.60. The Labute approximate surface area is 173 Å². The van der Waals surface area contributed by atoms with E-state index >= 15 is 0 Å². The zero-order chi connectivity index (χ0) is 21.5. The monoisotopic (exact) mass is 416 g/mol. The molecule has 0 bridgehead atoms. The largest absolute Gasteiger partial charge is 0.348 e. The van der Waals surface area contributed by atoms with Crippen LogP contribution in [0.1, 0.15) is 37.2 Å². The van der Waals surface area contributed by atoms with E-state index in [2.05, 4.69) is 25.5 Å². The fraction of sp³-hybridized carbons (Fsp3) is 0.476. The van der Waals surface area contributed by atoms with Crippen LogP contribution in [0.4, 0.5) is 8.78 Å². The maximum atomic E-state index is 14.6. The van der Waals surface area contributed by atoms with Gasteiger partial charge in [0.15, 0.2) is 5.69 Å². The van der Waals surface area contributed by atoms with Gasteiger partial charge in [-0.2, -0.15) is 10.2 Å². The number of rotatable bonds is 5. The van der Waals surface area contributed by atoms with Crippen LogP contribution in [0.15, 0.2) is 24.5 Å². The van der Waals surface area contributed by atoms with E-state index in [1.165, 1.54) is 6.07 Å². The van der Waals surface area contributed by atoms with Crippen LogP contribution >= 0.6 is 0 Å². The molecule has 0 aliphatic carbocycles. The van der Waals surface area contributed by atoms with E-state index in [1.807, 2.05) is 0 Å². The van der Waals surface area contributed by atoms with E-state index in [1.54, 1.807) is 44.0 Å². The van der Waals surface area contributed by atoms with E-state index in [0.717, 1.165) is 31.5 Å². The molecular weight excluding hydrogens is 390 g/mol. The van der Waals surface area contributed by atoms with Crippen molar-refractivity contribution in [3.05, 3.63) is 36.0 Å². The van der Waals surface area contributed by atoms with Crippen LogP contribution in [0.5, 0.6) is 0 Å². The van der Waals surface area contributed by atoms with Crippen molar-refractivity contribution >= 4 is 16.8 Å². The van der Waals surface area contributed by atoms with Crippen LogP contribution in [0.25, 0.3) is 22.0 Å². The summed E-state index contributed by atoms with van der Waals surface area (Å²) < 4.78 is 30.1. The third-order valence-electron chi connectivity index (χ3n) is 5.40. The smallest absolute Gasteiger partial charge is 0.272 e. The maximum Gasteiger partial charge on any atom is 0.272 e. The number of piperidine rings is 1. The summed E-state index contributed by atoms with van der Waals surface area (Å²) in [5.74, 6) is -0.812. The molecule has 0 atom stereocenters. The summed E-state index contributed by atoms with van der Waals surface area (Å²) in [7, 11) is 1.79. The minimum Gasteiger partial charge on any atom is -0.348 e. The van der Waals surface area contributed by atoms with E-state index in [-0.39, 0.29) is 23.2 Å². The minimum absolute atomic E-state index is 0.0189. The molecular formula is C21H26F2N6O. The van der Waals surface area contributed by atoms with Gasteiger partial charge in [-0.05, 0) is 44.4 Å². The Hall–Kier alpha value is -2.81. The van der Waals surface area contributed by atoms with Gasteiger partial charge < -0.3 is 10.2 Å². The van der Waals surface area contributed by atoms with Gasteiger partial charge in [-0.1, -0.05) is 0 Å². The van der Waals surface area contributed by atoms with Crippen LogP contribution in [0.2, 0.25) is 0 Å². The molecule has 1 aliphatic rings. The Balaban J connectivity index is 1.49. The van der Waals surface area contributed by atoms with Crippen molar-refractivity contribution in [1.82, 2.24) is 30.2 Å². The van der Waals surface area contributed by atoms with Crippen molar-refractivity contribution in [3.8, 4) is 11.1 Å². The number of likely N-dealkylation sites (tertiary alicyclic amines) is 1. The topological polar surface area (TPSA) is 78.8 Å². The number of aromatic nitrogens is 4. The second-order valence-electron chi connectivity index (χ2n) is 8.60. The zero-order valence-corrected chi connectivity index (χ0v) is 17.4. The number of alkyl halides is 1. The number of amides is 1. The average Bonchev–Trinajstić information content (AvgIpc) is 3.28. The SMILES string of the molecule is Cn1cc(-c2cc(F)c3[nH]nc(C(=O)NC4CCN(CC(C)(C)F)CC4)c3c2)cn1. The lowest BCUT2D eigenvalue weighted by Crippen LogP contribution is -2.47. The number of carbonyl (C=O) groups excluding carboxylic acids is 1. The molecule has 0 radical (unpaired) electrons. The van der Waals surface area contributed by atoms with E-state index < -0.39 is 11.5 Å². The molecule has 3 aromatic rings. The minimum atomic E-state index is -1.24. The van der Waals surface area contributed by atoms with E-state index in [0.29, 0.717) is 17.5 Å². The predicted octanol–water partition coefficient (Wildman–Crippen LogP) is 3.04. The van der Waals surface area contributed by atoms with Crippen LogP contribution < -0.4 is 5.32 Å². The van der Waals surface area contributed by atoms with E-state index in [9.17, 15) is 13.6 Å². The van der Waals surface area contributed by atoms with Crippen LogP contribution in [0.3, 0.4) is 0 Å². The zero-order valence-electron chi connectivity index (χ0n) is 17.4. The number of nitrogens with one attached hydrogen (secondary N) is 2. The first-order chi connectivity index (χ1) is 14.2. The van der Waals surface area contributed by atoms with Gasteiger partial charge in [-0.25, -0.2) is 8.78 Å². The molecule has 0 saturated carbocycles. The molecule has 1 aromatic carbocycles. The first-order valence-corrected chi connectivity index (χ1v) is 10.1. The van der Waals surface area contributed by atoms with Gasteiger partial charge in [0.1, 0.15) is 17.0 Å². The Morgan fingerprint density at radius 1 is 1.30 bits per heavy atom. The summed E-state index contributed by atoms with van der Waals surface area (Å²) in [6.45, 7) is 4.97. The molecule has 7 nitrogen and oxygen atoms in total. The number of nitrogens with zero attached hydrogens (tertiary/aromatic N) is 4. The lowest BCUT2D eigenvalue weighted by atomic mass is 10.0. The van der Waals surface area contributed by atoms with Crippen LogP contribution in [-0.2, 0) is 7.05 Å². The molecule has 2 aromatic heterocycles. The highest BCUT2D eigenvalue weighted by Gasteiger charge is 2.27. The van der Waals surface area contributed by atoms with Gasteiger partial charge in [-0.3, -0.25) is 14.6 Å². The lowest BCUT2D eigenvalue weighted by Gasteiger charge is -2.34. The third-order valence-corrected chi connectivity index (χ3v) is 5.40. The molecule has 0 spiro atoms. The summed E-state index contributed by atoms with van der Waals surface area (Å²) >= 11 is 0. The lowest BCUT2D eigenvalue weighted by molar-refractivity contribution is 0.0844. The molecule has 1 fully saturated rings. The highest BCUT2D eigenvalue weighted by molar-refractivity contribution is 6.05. The molecule has 160 valence electrons. The normalized spacial score (nSPS) is 16.3. The van der Waals surface area contributed by atoms with Crippen LogP contribution in [0, 0.1) is 5.82 Å². The van der Waals surface area contributed by atoms with Gasteiger partial charge in [0.2, 0.25) is 0 Å². The summed E-state index contributed by atoms with van der Waals surface area (Å²) in [6, 6.07) is 3.13. The van der Waals surface area contributed by atoms with Crippen molar-refractivity contribution in [1.29, 1.82) is 0 Å². The Morgan fingerprint density at radius 3 is 2.67 bits per heavy atom. The Morgan fingerprint density at radius 2 is 2.03 bits per heavy atom. The summed E-state index contributed by atoms with van der Waals surface area (Å²) in [5, 5.41) is 14.3. The first-order valence-electron chi connectivity index (χ1n) is 10.1. The summed E-state index contributed by atoms with van der Waals surface area (Å²) in [4.78, 5) is 14.9. The van der Waals surface area contributed by atoms with Crippen molar-refractivity contribution in [2.24, 2.45) is 7.05 Å². The number of aromatic amines is 1. The number of aryl methyl sites for hydroxylation is 1. The van der Waals surface area contributed by atoms with Crippen molar-refractivity contribution in [2.45, 2.75) is 38.4 Å². The highest BCUT2D eigenvalue weighted by atomic mass is 19.1. The predicted molar refractivity (Wildman–Crippen MR) is 110 cm³/mol. The number of H-pyrrole nitrogens is 1. The molecule has 1 saturated heterocycles. The third kappa shape index (κ3) is 4.35. The molecule has 4 rings (SSSR count). The number of benzene rings is 1. The fourth-order valence-electron chi connectivity index (χ4n) is 4.01. The number of hydrogen-bond acceptors (Lipinski definition) is 4. The molecule has 2 N–H and O–H groups in total. The first kappa shape index (κ1) is 20.5. The summed E-state index contributed by atoms with van der Waals surface area (Å²) in [6.07, 6.45) is 4.90. The maximum absolute atomic E-state index is 14.6. The molecule has 3 heterocycles. The fourth-order valence-corrected chi connectivity index (χ4v) is 4.01. The van der Waals surface area contributed by atoms with Gasteiger partial charge in [0.05, 0.1) is 6.20 Å². The Kier molecular flexibility index (Phi) is 5.31. The van der Waals surface area contributed by atoms with Gasteiger partial charge >= 0.3 is 0 Å². The summed E-state index contributed by atoms with van der Waals surface area (Å²) in [5.41, 5.74) is 0.523. The standard InChI is InChI=1S/C21H26F2N6O/c1-21(2,23)12-29-6-4-15(5-7-29)25-20(30)19-16-8-13(14-10-24-28(3)11-14)9-17(22)18(16)26-27-19/h8-11,15H,4-7,12H2,1-3H3,(H,25,30)(H,26,27). The molecule has 1 aliphatic heterocycles. The number of carbonyl (C=O) groups is 1. The van der Waals surface area contributed by atoms with Crippen molar-refractivity contribution in [3.63, 3.8) is 0 Å². The molecule has 1 amide bonds. The second kappa shape index (κ2) is 7.79. The highest BCUT2D eigenvalue weighted by Crippen LogP contribution is 2.28.